The number of aromatic nitrogens is 2. The van der Waals surface area contributed by atoms with Gasteiger partial charge in [-0.15, -0.1) is 0 Å². The largest absolute Gasteiger partial charge is 0.492 e. The number of halogens is 1. The molecule has 37 heavy (non-hydrogen) atoms. The van der Waals surface area contributed by atoms with Gasteiger partial charge in [-0.3, -0.25) is 9.59 Å². The third-order valence-corrected chi connectivity index (χ3v) is 6.72. The summed E-state index contributed by atoms with van der Waals surface area (Å²) < 4.78 is 7.44. The van der Waals surface area contributed by atoms with E-state index in [0.717, 1.165) is 23.2 Å². The van der Waals surface area contributed by atoms with E-state index in [1.54, 1.807) is 54.3 Å². The second-order valence-corrected chi connectivity index (χ2v) is 9.41. The number of rotatable bonds is 9. The first kappa shape index (κ1) is 26.7. The minimum Gasteiger partial charge on any atom is -0.492 e. The molecule has 2 amide bonds. The number of carbonyl (C=O) groups is 2. The van der Waals surface area contributed by atoms with Gasteiger partial charge in [0.25, 0.3) is 11.8 Å². The summed E-state index contributed by atoms with van der Waals surface area (Å²) in [5.41, 5.74) is 2.32. The quantitative estimate of drug-likeness (QED) is 0.394. The lowest BCUT2D eigenvalue weighted by Crippen LogP contribution is -2.50. The first-order valence-electron chi connectivity index (χ1n) is 12.3. The Kier molecular flexibility index (Phi) is 8.48. The molecule has 1 saturated heterocycles. The van der Waals surface area contributed by atoms with Crippen molar-refractivity contribution in [2.75, 3.05) is 13.2 Å². The third kappa shape index (κ3) is 5.95. The molecule has 0 spiro atoms. The van der Waals surface area contributed by atoms with E-state index in [4.69, 9.17) is 16.3 Å². The van der Waals surface area contributed by atoms with Crippen molar-refractivity contribution in [3.8, 4) is 11.4 Å². The number of hydrogen-bond donors (Lipinski definition) is 3. The predicted octanol–water partition coefficient (Wildman–Crippen LogP) is 3.19. The van der Waals surface area contributed by atoms with Gasteiger partial charge in [-0.1, -0.05) is 29.8 Å². The second-order valence-electron chi connectivity index (χ2n) is 8.98. The lowest BCUT2D eigenvalue weighted by atomic mass is 10.0. The lowest BCUT2D eigenvalue weighted by Gasteiger charge is -2.29. The zero-order chi connectivity index (χ0) is 26.5. The van der Waals surface area contributed by atoms with Crippen molar-refractivity contribution < 1.29 is 24.5 Å². The summed E-state index contributed by atoms with van der Waals surface area (Å²) in [5.74, 6) is -0.956. The Hall–Kier alpha value is -3.40. The number of nitrogens with zero attached hydrogens (tertiary/aromatic N) is 3. The highest BCUT2D eigenvalue weighted by atomic mass is 35.5. The first-order chi connectivity index (χ1) is 17.8. The van der Waals surface area contributed by atoms with E-state index in [-0.39, 0.29) is 6.04 Å². The molecule has 1 unspecified atom stereocenters. The molecule has 0 bridgehead atoms. The standard InChI is InChI=1S/C27H31ClN4O5/c1-3-37-23-16-18(10-11-22(23)32-14-6-12-29-32)17(2)30-26(35)24(33)25(34)27(36)31-13-5-9-21(31)19-7-4-8-20(28)15-19/h4,6-8,10-12,14-17,21,24-25,33-34H,3,5,9,13H2,1-2H3,(H,30,35)/t17-,21?,24-,25-/m1/s1. The number of likely N-dealkylation sites (tertiary alicyclic amines) is 1. The van der Waals surface area contributed by atoms with Crippen LogP contribution in [0.3, 0.4) is 0 Å². The van der Waals surface area contributed by atoms with E-state index in [1.807, 2.05) is 25.1 Å². The van der Waals surface area contributed by atoms with Crippen LogP contribution in [0.1, 0.15) is 49.9 Å². The van der Waals surface area contributed by atoms with E-state index in [1.165, 1.54) is 4.90 Å². The zero-order valence-corrected chi connectivity index (χ0v) is 21.5. The molecule has 0 radical (unpaired) electrons. The SMILES string of the molecule is CCOc1cc([C@@H](C)NC(=O)[C@H](O)[C@@H](O)C(=O)N2CCCC2c2cccc(Cl)c2)ccc1-n1cccn1. The second kappa shape index (κ2) is 11.8. The van der Waals surface area contributed by atoms with E-state index >= 15 is 0 Å². The molecule has 1 aromatic heterocycles. The van der Waals surface area contributed by atoms with Gasteiger partial charge < -0.3 is 25.2 Å². The number of aliphatic hydroxyl groups is 2. The van der Waals surface area contributed by atoms with Crippen LogP contribution in [0.15, 0.2) is 60.9 Å². The maximum absolute atomic E-state index is 13.1. The van der Waals surface area contributed by atoms with Gasteiger partial charge in [0.15, 0.2) is 12.2 Å². The molecule has 3 N–H and O–H groups in total. The van der Waals surface area contributed by atoms with Crippen LogP contribution in [0.25, 0.3) is 5.69 Å². The van der Waals surface area contributed by atoms with Crippen LogP contribution < -0.4 is 10.1 Å². The lowest BCUT2D eigenvalue weighted by molar-refractivity contribution is -0.154. The topological polar surface area (TPSA) is 117 Å². The van der Waals surface area contributed by atoms with Gasteiger partial charge in [0, 0.05) is 24.0 Å². The summed E-state index contributed by atoms with van der Waals surface area (Å²) in [4.78, 5) is 27.4. The monoisotopic (exact) mass is 526 g/mol. The molecule has 4 rings (SSSR count). The minimum absolute atomic E-state index is 0.277. The molecule has 9 nitrogen and oxygen atoms in total. The molecule has 2 heterocycles. The van der Waals surface area contributed by atoms with Gasteiger partial charge in [0.1, 0.15) is 11.4 Å². The first-order valence-corrected chi connectivity index (χ1v) is 12.7. The van der Waals surface area contributed by atoms with Crippen LogP contribution in [0.4, 0.5) is 0 Å². The number of ether oxygens (including phenoxy) is 1. The van der Waals surface area contributed by atoms with E-state index in [9.17, 15) is 19.8 Å². The maximum atomic E-state index is 13.1. The normalized spacial score (nSPS) is 17.8. The van der Waals surface area contributed by atoms with Crippen LogP contribution in [0.2, 0.25) is 5.02 Å². The average molecular weight is 527 g/mol. The van der Waals surface area contributed by atoms with E-state index < -0.39 is 30.1 Å². The van der Waals surface area contributed by atoms with Crippen LogP contribution in [-0.2, 0) is 9.59 Å². The summed E-state index contributed by atoms with van der Waals surface area (Å²) >= 11 is 6.11. The fourth-order valence-corrected chi connectivity index (χ4v) is 4.79. The molecule has 3 aromatic rings. The molecule has 1 fully saturated rings. The average Bonchev–Trinajstić information content (AvgIpc) is 3.60. The Balaban J connectivity index is 1.43. The number of benzene rings is 2. The molecular formula is C27H31ClN4O5. The maximum Gasteiger partial charge on any atom is 0.255 e. The Morgan fingerprint density at radius 3 is 2.70 bits per heavy atom. The van der Waals surface area contributed by atoms with Crippen molar-refractivity contribution in [3.63, 3.8) is 0 Å². The highest BCUT2D eigenvalue weighted by Gasteiger charge is 2.38. The predicted molar refractivity (Wildman–Crippen MR) is 138 cm³/mol. The fourth-order valence-electron chi connectivity index (χ4n) is 4.59. The van der Waals surface area contributed by atoms with Gasteiger partial charge in [-0.05, 0) is 68.1 Å². The van der Waals surface area contributed by atoms with Crippen molar-refractivity contribution in [1.29, 1.82) is 0 Å². The fraction of sp³-hybridized carbons (Fsp3) is 0.370. The summed E-state index contributed by atoms with van der Waals surface area (Å²) in [7, 11) is 0. The van der Waals surface area contributed by atoms with Crippen molar-refractivity contribution in [3.05, 3.63) is 77.1 Å². The van der Waals surface area contributed by atoms with Gasteiger partial charge in [-0.2, -0.15) is 5.10 Å². The smallest absolute Gasteiger partial charge is 0.255 e. The molecule has 10 heteroatoms. The Morgan fingerprint density at radius 2 is 2.00 bits per heavy atom. The van der Waals surface area contributed by atoms with Crippen molar-refractivity contribution in [2.24, 2.45) is 0 Å². The molecule has 0 aliphatic carbocycles. The van der Waals surface area contributed by atoms with Gasteiger partial charge in [0.05, 0.1) is 18.7 Å². The van der Waals surface area contributed by atoms with E-state index in [2.05, 4.69) is 10.4 Å². The third-order valence-electron chi connectivity index (χ3n) is 6.48. The Morgan fingerprint density at radius 1 is 1.19 bits per heavy atom. The van der Waals surface area contributed by atoms with Crippen LogP contribution in [0.5, 0.6) is 5.75 Å². The van der Waals surface area contributed by atoms with Gasteiger partial charge in [0.2, 0.25) is 0 Å². The minimum atomic E-state index is -1.93. The zero-order valence-electron chi connectivity index (χ0n) is 20.8. The molecular weight excluding hydrogens is 496 g/mol. The van der Waals surface area contributed by atoms with Gasteiger partial charge >= 0.3 is 0 Å². The van der Waals surface area contributed by atoms with Crippen molar-refractivity contribution in [1.82, 2.24) is 20.0 Å². The molecule has 0 saturated carbocycles. The number of hydrogen-bond acceptors (Lipinski definition) is 6. The Bertz CT molecular complexity index is 1240. The summed E-state index contributed by atoms with van der Waals surface area (Å²) in [6, 6.07) is 13.6. The molecule has 4 atom stereocenters. The molecule has 1 aliphatic rings. The number of carbonyl (C=O) groups excluding carboxylic acids is 2. The van der Waals surface area contributed by atoms with Crippen LogP contribution >= 0.6 is 11.6 Å². The Labute approximate surface area is 220 Å². The van der Waals surface area contributed by atoms with Crippen molar-refractivity contribution >= 4 is 23.4 Å². The molecule has 2 aromatic carbocycles. The summed E-state index contributed by atoms with van der Waals surface area (Å²) in [5, 5.41) is 28.6. The van der Waals surface area contributed by atoms with Crippen LogP contribution in [-0.4, -0.2) is 62.1 Å². The summed E-state index contributed by atoms with van der Waals surface area (Å²) in [6.45, 7) is 4.47. The highest BCUT2D eigenvalue weighted by Crippen LogP contribution is 2.34. The summed E-state index contributed by atoms with van der Waals surface area (Å²) in [6.07, 6.45) is 1.09. The van der Waals surface area contributed by atoms with Crippen LogP contribution in [0, 0.1) is 0 Å². The highest BCUT2D eigenvalue weighted by molar-refractivity contribution is 6.30. The molecule has 1 aliphatic heterocycles. The van der Waals surface area contributed by atoms with Crippen molar-refractivity contribution in [2.45, 2.75) is 51.0 Å². The van der Waals surface area contributed by atoms with Gasteiger partial charge in [-0.25, -0.2) is 4.68 Å². The number of amides is 2. The molecule has 196 valence electrons. The number of nitrogens with one attached hydrogen (secondary N) is 1. The number of aliphatic hydroxyl groups excluding tert-OH is 2. The van der Waals surface area contributed by atoms with E-state index in [0.29, 0.717) is 30.3 Å².